The third-order valence-electron chi connectivity index (χ3n) is 6.16. The van der Waals surface area contributed by atoms with Crippen molar-refractivity contribution in [3.63, 3.8) is 0 Å². The number of rotatable bonds is 5. The largest absolute Gasteiger partial charge is 0.497 e. The number of carbonyl (C=O) groups excluding carboxylic acids is 1. The molecule has 5 rings (SSSR count). The van der Waals surface area contributed by atoms with Crippen LogP contribution in [0.4, 0.5) is 0 Å². The number of carbonyl (C=O) groups is 1. The van der Waals surface area contributed by atoms with Crippen LogP contribution in [0.1, 0.15) is 43.2 Å². The molecule has 1 unspecified atom stereocenters. The Morgan fingerprint density at radius 1 is 1.20 bits per heavy atom. The molecule has 0 spiro atoms. The maximum Gasteiger partial charge on any atom is 0.249 e. The summed E-state index contributed by atoms with van der Waals surface area (Å²) in [6, 6.07) is 15.0. The molecule has 0 bridgehead atoms. The number of likely N-dealkylation sites (tertiary alicyclic amines) is 1. The Morgan fingerprint density at radius 2 is 1.97 bits per heavy atom. The second-order valence-corrected chi connectivity index (χ2v) is 8.31. The first-order valence-electron chi connectivity index (χ1n) is 10.2. The van der Waals surface area contributed by atoms with Gasteiger partial charge in [0, 0.05) is 12.1 Å². The standard InChI is InChI=1S/C23H22ClN3O3/c1-29-16-10-8-15(9-11-16)23(12-13-23)22(28)27-14-4-7-19(27)21-25-20(26-30-21)17-5-2-3-6-18(17)24/h2-3,5-6,8-11,19H,4,7,12-14H2,1H3. The number of hydrogen-bond acceptors (Lipinski definition) is 5. The van der Waals surface area contributed by atoms with Crippen molar-refractivity contribution in [2.24, 2.45) is 0 Å². The molecule has 1 atom stereocenters. The summed E-state index contributed by atoms with van der Waals surface area (Å²) in [6.45, 7) is 0.700. The molecule has 1 amide bonds. The Balaban J connectivity index is 1.40. The summed E-state index contributed by atoms with van der Waals surface area (Å²) >= 11 is 6.27. The highest BCUT2D eigenvalue weighted by atomic mass is 35.5. The fourth-order valence-corrected chi connectivity index (χ4v) is 4.55. The molecule has 30 heavy (non-hydrogen) atoms. The van der Waals surface area contributed by atoms with E-state index in [1.807, 2.05) is 47.4 Å². The minimum atomic E-state index is -0.444. The van der Waals surface area contributed by atoms with Gasteiger partial charge in [0.15, 0.2) is 0 Å². The van der Waals surface area contributed by atoms with Crippen molar-refractivity contribution in [2.75, 3.05) is 13.7 Å². The van der Waals surface area contributed by atoms with E-state index >= 15 is 0 Å². The van der Waals surface area contributed by atoms with E-state index in [9.17, 15) is 4.79 Å². The van der Waals surface area contributed by atoms with E-state index in [0.29, 0.717) is 23.3 Å². The van der Waals surface area contributed by atoms with Gasteiger partial charge in [0.2, 0.25) is 17.6 Å². The van der Waals surface area contributed by atoms with Gasteiger partial charge in [-0.1, -0.05) is 41.0 Å². The number of hydrogen-bond donors (Lipinski definition) is 0. The lowest BCUT2D eigenvalue weighted by atomic mass is 9.94. The predicted octanol–water partition coefficient (Wildman–Crippen LogP) is 4.79. The quantitative estimate of drug-likeness (QED) is 0.590. The van der Waals surface area contributed by atoms with Crippen molar-refractivity contribution in [1.29, 1.82) is 0 Å². The summed E-state index contributed by atoms with van der Waals surface area (Å²) in [7, 11) is 1.64. The molecule has 2 aliphatic rings. The van der Waals surface area contributed by atoms with Crippen molar-refractivity contribution in [2.45, 2.75) is 37.1 Å². The minimum absolute atomic E-state index is 0.146. The van der Waals surface area contributed by atoms with E-state index in [-0.39, 0.29) is 11.9 Å². The normalized spacial score (nSPS) is 19.7. The molecule has 1 aliphatic heterocycles. The molecule has 2 aromatic carbocycles. The molecular formula is C23H22ClN3O3. The SMILES string of the molecule is COc1ccc(C2(C(=O)N3CCCC3c3nc(-c4ccccc4Cl)no3)CC2)cc1. The van der Waals surface area contributed by atoms with Crippen LogP contribution in [-0.4, -0.2) is 34.6 Å². The molecule has 1 aliphatic carbocycles. The van der Waals surface area contributed by atoms with Crippen molar-refractivity contribution in [3.05, 3.63) is 65.0 Å². The molecule has 1 saturated carbocycles. The first kappa shape index (κ1) is 19.1. The highest BCUT2D eigenvalue weighted by molar-refractivity contribution is 6.33. The Kier molecular flexibility index (Phi) is 4.74. The smallest absolute Gasteiger partial charge is 0.249 e. The van der Waals surface area contributed by atoms with E-state index in [0.717, 1.165) is 42.6 Å². The highest BCUT2D eigenvalue weighted by Crippen LogP contribution is 2.51. The molecule has 3 aromatic rings. The number of methoxy groups -OCH3 is 1. The number of ether oxygens (including phenoxy) is 1. The molecule has 1 aromatic heterocycles. The van der Waals surface area contributed by atoms with Crippen LogP contribution in [-0.2, 0) is 10.2 Å². The van der Waals surface area contributed by atoms with Crippen molar-refractivity contribution in [1.82, 2.24) is 15.0 Å². The van der Waals surface area contributed by atoms with Gasteiger partial charge in [-0.3, -0.25) is 4.79 Å². The first-order valence-corrected chi connectivity index (χ1v) is 10.5. The number of nitrogens with zero attached hydrogens (tertiary/aromatic N) is 3. The Labute approximate surface area is 179 Å². The fourth-order valence-electron chi connectivity index (χ4n) is 4.32. The summed E-state index contributed by atoms with van der Waals surface area (Å²) < 4.78 is 10.8. The zero-order chi connectivity index (χ0) is 20.7. The Hall–Kier alpha value is -2.86. The van der Waals surface area contributed by atoms with Crippen molar-refractivity contribution in [3.8, 4) is 17.1 Å². The monoisotopic (exact) mass is 423 g/mol. The summed E-state index contributed by atoms with van der Waals surface area (Å²) in [4.78, 5) is 20.1. The van der Waals surface area contributed by atoms with Gasteiger partial charge in [-0.05, 0) is 55.5 Å². The van der Waals surface area contributed by atoms with Gasteiger partial charge in [-0.25, -0.2) is 0 Å². The maximum absolute atomic E-state index is 13.6. The number of amides is 1. The summed E-state index contributed by atoms with van der Waals surface area (Å²) in [5.74, 6) is 1.86. The lowest BCUT2D eigenvalue weighted by Gasteiger charge is -2.27. The summed E-state index contributed by atoms with van der Waals surface area (Å²) in [6.07, 6.45) is 3.44. The second kappa shape index (κ2) is 7.43. The second-order valence-electron chi connectivity index (χ2n) is 7.90. The van der Waals surface area contributed by atoms with Crippen molar-refractivity contribution < 1.29 is 14.1 Å². The zero-order valence-corrected chi connectivity index (χ0v) is 17.4. The molecule has 154 valence electrons. The molecule has 1 saturated heterocycles. The van der Waals surface area contributed by atoms with Gasteiger partial charge in [-0.2, -0.15) is 4.98 Å². The van der Waals surface area contributed by atoms with E-state index in [2.05, 4.69) is 10.1 Å². The van der Waals surface area contributed by atoms with Gasteiger partial charge in [0.1, 0.15) is 11.8 Å². The van der Waals surface area contributed by atoms with E-state index in [1.54, 1.807) is 13.2 Å². The van der Waals surface area contributed by atoms with Crippen LogP contribution < -0.4 is 4.74 Å². The van der Waals surface area contributed by atoms with Crippen LogP contribution in [0, 0.1) is 0 Å². The zero-order valence-electron chi connectivity index (χ0n) is 16.7. The molecular weight excluding hydrogens is 402 g/mol. The lowest BCUT2D eigenvalue weighted by Crippen LogP contribution is -2.39. The number of halogens is 1. The number of aromatic nitrogens is 2. The highest BCUT2D eigenvalue weighted by Gasteiger charge is 2.55. The van der Waals surface area contributed by atoms with Crippen LogP contribution in [0.3, 0.4) is 0 Å². The van der Waals surface area contributed by atoms with Crippen LogP contribution in [0.25, 0.3) is 11.4 Å². The van der Waals surface area contributed by atoms with Gasteiger partial charge < -0.3 is 14.2 Å². The summed E-state index contributed by atoms with van der Waals surface area (Å²) in [5.41, 5.74) is 1.32. The van der Waals surface area contributed by atoms with E-state index in [4.69, 9.17) is 20.9 Å². The fraction of sp³-hybridized carbons (Fsp3) is 0.348. The summed E-state index contributed by atoms with van der Waals surface area (Å²) in [5, 5.41) is 4.69. The van der Waals surface area contributed by atoms with Gasteiger partial charge >= 0.3 is 0 Å². The van der Waals surface area contributed by atoms with Gasteiger partial charge in [-0.15, -0.1) is 0 Å². The minimum Gasteiger partial charge on any atom is -0.497 e. The molecule has 2 fully saturated rings. The van der Waals surface area contributed by atoms with Crippen LogP contribution in [0.2, 0.25) is 5.02 Å². The average Bonchev–Trinajstić information content (AvgIpc) is 3.20. The topological polar surface area (TPSA) is 68.5 Å². The lowest BCUT2D eigenvalue weighted by molar-refractivity contribution is -0.135. The molecule has 2 heterocycles. The third kappa shape index (κ3) is 3.16. The van der Waals surface area contributed by atoms with Crippen LogP contribution in [0.5, 0.6) is 5.75 Å². The molecule has 6 nitrogen and oxygen atoms in total. The molecule has 0 N–H and O–H groups in total. The van der Waals surface area contributed by atoms with Crippen molar-refractivity contribution >= 4 is 17.5 Å². The van der Waals surface area contributed by atoms with E-state index in [1.165, 1.54) is 0 Å². The Bertz CT molecular complexity index is 1080. The van der Waals surface area contributed by atoms with Crippen LogP contribution in [0.15, 0.2) is 53.1 Å². The van der Waals surface area contributed by atoms with Crippen LogP contribution >= 0.6 is 11.6 Å². The van der Waals surface area contributed by atoms with E-state index < -0.39 is 5.41 Å². The molecule has 7 heteroatoms. The average molecular weight is 424 g/mol. The first-order chi connectivity index (χ1) is 14.6. The maximum atomic E-state index is 13.6. The van der Waals surface area contributed by atoms with Gasteiger partial charge in [0.25, 0.3) is 0 Å². The third-order valence-corrected chi connectivity index (χ3v) is 6.49. The van der Waals surface area contributed by atoms with Gasteiger partial charge in [0.05, 0.1) is 17.5 Å². The Morgan fingerprint density at radius 3 is 2.67 bits per heavy atom. The molecule has 0 radical (unpaired) electrons. The predicted molar refractivity (Wildman–Crippen MR) is 112 cm³/mol. The number of benzene rings is 2.